The van der Waals surface area contributed by atoms with E-state index in [9.17, 15) is 0 Å². The number of piperidine rings is 1. The lowest BCUT2D eigenvalue weighted by atomic mass is 10.0. The molecule has 164 valence electrons. The molecule has 2 aliphatic rings. The predicted molar refractivity (Wildman–Crippen MR) is 128 cm³/mol. The lowest BCUT2D eigenvalue weighted by Gasteiger charge is -2.36. The van der Waals surface area contributed by atoms with Crippen molar-refractivity contribution in [2.24, 2.45) is 4.99 Å². The Morgan fingerprint density at radius 1 is 1.20 bits per heavy atom. The average Bonchev–Trinajstić information content (AvgIpc) is 3.47. The second-order valence-electron chi connectivity index (χ2n) is 7.87. The van der Waals surface area contributed by atoms with E-state index >= 15 is 0 Å². The SMILES string of the molecule is CN=C(NCCc1noc(-c2ccccn2)n1)NC1CCN(C2CCCC2)CC1.I. The molecule has 2 aromatic rings. The number of likely N-dealkylation sites (tertiary alicyclic amines) is 1. The number of guanidine groups is 1. The maximum atomic E-state index is 5.31. The Morgan fingerprint density at radius 3 is 2.70 bits per heavy atom. The molecule has 2 aromatic heterocycles. The van der Waals surface area contributed by atoms with Crippen LogP contribution < -0.4 is 10.6 Å². The Hall–Kier alpha value is -1.75. The number of rotatable bonds is 6. The highest BCUT2D eigenvalue weighted by molar-refractivity contribution is 14.0. The molecule has 0 atom stereocenters. The van der Waals surface area contributed by atoms with E-state index in [0.717, 1.165) is 12.0 Å². The van der Waals surface area contributed by atoms with Gasteiger partial charge >= 0.3 is 0 Å². The normalized spacial score (nSPS) is 18.9. The van der Waals surface area contributed by atoms with Crippen molar-refractivity contribution in [2.75, 3.05) is 26.7 Å². The van der Waals surface area contributed by atoms with Gasteiger partial charge in [0.05, 0.1) is 0 Å². The van der Waals surface area contributed by atoms with E-state index in [-0.39, 0.29) is 24.0 Å². The van der Waals surface area contributed by atoms with Gasteiger partial charge in [-0.1, -0.05) is 24.1 Å². The van der Waals surface area contributed by atoms with Gasteiger partial charge in [0.25, 0.3) is 5.89 Å². The van der Waals surface area contributed by atoms with E-state index in [2.05, 4.69) is 35.7 Å². The van der Waals surface area contributed by atoms with Crippen LogP contribution in [0.1, 0.15) is 44.3 Å². The topological polar surface area (TPSA) is 91.5 Å². The van der Waals surface area contributed by atoms with Crippen LogP contribution in [0, 0.1) is 0 Å². The van der Waals surface area contributed by atoms with Gasteiger partial charge in [0.15, 0.2) is 11.8 Å². The molecule has 1 saturated carbocycles. The monoisotopic (exact) mass is 525 g/mol. The van der Waals surface area contributed by atoms with Crippen LogP contribution in [0.2, 0.25) is 0 Å². The molecule has 1 saturated heterocycles. The number of pyridine rings is 1. The largest absolute Gasteiger partial charge is 0.356 e. The maximum Gasteiger partial charge on any atom is 0.276 e. The van der Waals surface area contributed by atoms with Gasteiger partial charge < -0.3 is 20.1 Å². The molecule has 2 fully saturated rings. The number of hydrogen-bond donors (Lipinski definition) is 2. The van der Waals surface area contributed by atoms with Crippen molar-refractivity contribution < 1.29 is 4.52 Å². The summed E-state index contributed by atoms with van der Waals surface area (Å²) >= 11 is 0. The number of hydrogen-bond acceptors (Lipinski definition) is 6. The van der Waals surface area contributed by atoms with E-state index in [1.165, 1.54) is 51.6 Å². The molecule has 2 N–H and O–H groups in total. The Morgan fingerprint density at radius 2 is 2.00 bits per heavy atom. The molecule has 0 spiro atoms. The number of aliphatic imine (C=N–C) groups is 1. The van der Waals surface area contributed by atoms with Gasteiger partial charge in [-0.25, -0.2) is 0 Å². The Balaban J connectivity index is 0.00000256. The average molecular weight is 525 g/mol. The zero-order chi connectivity index (χ0) is 19.9. The molecule has 0 amide bonds. The van der Waals surface area contributed by atoms with Crippen molar-refractivity contribution in [3.63, 3.8) is 0 Å². The van der Waals surface area contributed by atoms with Crippen molar-refractivity contribution in [2.45, 2.75) is 57.0 Å². The van der Waals surface area contributed by atoms with Crippen LogP contribution in [0.4, 0.5) is 0 Å². The van der Waals surface area contributed by atoms with Gasteiger partial charge in [0.1, 0.15) is 5.69 Å². The third-order valence-corrected chi connectivity index (χ3v) is 5.93. The van der Waals surface area contributed by atoms with Gasteiger partial charge in [0.2, 0.25) is 0 Å². The van der Waals surface area contributed by atoms with Gasteiger partial charge in [-0.05, 0) is 37.8 Å². The van der Waals surface area contributed by atoms with Gasteiger partial charge in [-0.3, -0.25) is 9.98 Å². The highest BCUT2D eigenvalue weighted by atomic mass is 127. The summed E-state index contributed by atoms with van der Waals surface area (Å²) in [5.74, 6) is 1.97. The maximum absolute atomic E-state index is 5.31. The third-order valence-electron chi connectivity index (χ3n) is 5.93. The van der Waals surface area contributed by atoms with Crippen molar-refractivity contribution >= 4 is 29.9 Å². The van der Waals surface area contributed by atoms with Crippen LogP contribution in [0.15, 0.2) is 33.9 Å². The summed E-state index contributed by atoms with van der Waals surface area (Å²) in [5.41, 5.74) is 0.695. The molecule has 3 heterocycles. The van der Waals surface area contributed by atoms with E-state index in [1.54, 1.807) is 6.20 Å². The standard InChI is InChI=1S/C21H31N7O.HI/c1-22-21(25-16-10-14-28(15-11-16)17-6-2-3-7-17)24-13-9-19-26-20(29-27-19)18-8-4-5-12-23-18;/h4-5,8,12,16-17H,2-3,6-7,9-11,13-15H2,1H3,(H2,22,24,25);1H. The summed E-state index contributed by atoms with van der Waals surface area (Å²) in [4.78, 5) is 15.7. The fourth-order valence-corrected chi connectivity index (χ4v) is 4.31. The molecular formula is C21H32IN7O. The summed E-state index contributed by atoms with van der Waals surface area (Å²) < 4.78 is 5.31. The first-order valence-electron chi connectivity index (χ1n) is 10.8. The van der Waals surface area contributed by atoms with Crippen LogP contribution >= 0.6 is 24.0 Å². The summed E-state index contributed by atoms with van der Waals surface area (Å²) in [6.45, 7) is 3.08. The molecule has 9 heteroatoms. The minimum absolute atomic E-state index is 0. The van der Waals surface area contributed by atoms with E-state index < -0.39 is 0 Å². The zero-order valence-corrected chi connectivity index (χ0v) is 19.9. The molecule has 1 aliphatic heterocycles. The van der Waals surface area contributed by atoms with E-state index in [4.69, 9.17) is 4.52 Å². The first-order valence-corrected chi connectivity index (χ1v) is 10.8. The van der Waals surface area contributed by atoms with Gasteiger partial charge in [-0.2, -0.15) is 4.98 Å². The first-order chi connectivity index (χ1) is 14.3. The Bertz CT molecular complexity index is 784. The molecule has 0 aromatic carbocycles. The molecular weight excluding hydrogens is 493 g/mol. The van der Waals surface area contributed by atoms with Crippen molar-refractivity contribution in [1.82, 2.24) is 30.7 Å². The minimum atomic E-state index is 0. The number of nitrogens with one attached hydrogen (secondary N) is 2. The molecule has 4 rings (SSSR count). The van der Waals surface area contributed by atoms with E-state index in [1.807, 2.05) is 25.2 Å². The van der Waals surface area contributed by atoms with E-state index in [0.29, 0.717) is 36.4 Å². The second kappa shape index (κ2) is 11.6. The highest BCUT2D eigenvalue weighted by Crippen LogP contribution is 2.26. The van der Waals surface area contributed by atoms with Crippen LogP contribution in [-0.2, 0) is 6.42 Å². The van der Waals surface area contributed by atoms with Gasteiger partial charge in [0, 0.05) is 51.4 Å². The molecule has 8 nitrogen and oxygen atoms in total. The second-order valence-corrected chi connectivity index (χ2v) is 7.87. The number of halogens is 1. The quantitative estimate of drug-likeness (QED) is 0.341. The molecule has 0 unspecified atom stereocenters. The minimum Gasteiger partial charge on any atom is -0.356 e. The molecule has 0 bridgehead atoms. The van der Waals surface area contributed by atoms with Crippen molar-refractivity contribution in [3.8, 4) is 11.6 Å². The summed E-state index contributed by atoms with van der Waals surface area (Å²) in [5, 5.41) is 11.0. The first kappa shape index (κ1) is 22.9. The Labute approximate surface area is 195 Å². The summed E-state index contributed by atoms with van der Waals surface area (Å²) in [6.07, 6.45) is 10.3. The van der Waals surface area contributed by atoms with Crippen LogP contribution in [-0.4, -0.2) is 64.7 Å². The van der Waals surface area contributed by atoms with Gasteiger partial charge in [-0.15, -0.1) is 24.0 Å². The third kappa shape index (κ3) is 6.13. The van der Waals surface area contributed by atoms with Crippen LogP contribution in [0.25, 0.3) is 11.6 Å². The Kier molecular flexibility index (Phi) is 8.86. The number of aromatic nitrogens is 3. The predicted octanol–water partition coefficient (Wildman–Crippen LogP) is 2.86. The highest BCUT2D eigenvalue weighted by Gasteiger charge is 2.27. The number of nitrogens with zero attached hydrogens (tertiary/aromatic N) is 5. The molecule has 1 aliphatic carbocycles. The van der Waals surface area contributed by atoms with Crippen molar-refractivity contribution in [1.29, 1.82) is 0 Å². The zero-order valence-electron chi connectivity index (χ0n) is 17.6. The molecule has 30 heavy (non-hydrogen) atoms. The lowest BCUT2D eigenvalue weighted by Crippen LogP contribution is -2.50. The lowest BCUT2D eigenvalue weighted by molar-refractivity contribution is 0.150. The smallest absolute Gasteiger partial charge is 0.276 e. The molecule has 0 radical (unpaired) electrons. The fraction of sp³-hybridized carbons (Fsp3) is 0.619. The summed E-state index contributed by atoms with van der Waals surface area (Å²) in [7, 11) is 1.82. The van der Waals surface area contributed by atoms with Crippen LogP contribution in [0.5, 0.6) is 0 Å². The fourth-order valence-electron chi connectivity index (χ4n) is 4.31. The van der Waals surface area contributed by atoms with Crippen molar-refractivity contribution in [3.05, 3.63) is 30.2 Å². The summed E-state index contributed by atoms with van der Waals surface area (Å²) in [6, 6.07) is 6.95. The van der Waals surface area contributed by atoms with Crippen LogP contribution in [0.3, 0.4) is 0 Å².